The lowest BCUT2D eigenvalue weighted by molar-refractivity contribution is 0.630. The number of halogens is 1. The number of aromatic nitrogens is 2. The number of benzene rings is 1. The molecule has 17 heavy (non-hydrogen) atoms. The van der Waals surface area contributed by atoms with Gasteiger partial charge in [0.15, 0.2) is 0 Å². The van der Waals surface area contributed by atoms with Crippen molar-refractivity contribution in [3.8, 4) is 11.3 Å². The van der Waals surface area contributed by atoms with Crippen molar-refractivity contribution in [2.24, 2.45) is 0 Å². The van der Waals surface area contributed by atoms with Gasteiger partial charge in [-0.15, -0.1) is 0 Å². The first-order valence-electron chi connectivity index (χ1n) is 5.39. The lowest BCUT2D eigenvalue weighted by Crippen LogP contribution is -2.00. The van der Waals surface area contributed by atoms with Gasteiger partial charge in [-0.1, -0.05) is 11.6 Å². The molecule has 0 spiro atoms. The smallest absolute Gasteiger partial charge is 0.132 e. The number of hydrogen-bond donors (Lipinski definition) is 1. The maximum absolute atomic E-state index is 13.8. The van der Waals surface area contributed by atoms with Crippen molar-refractivity contribution in [3.63, 3.8) is 0 Å². The molecule has 0 saturated heterocycles. The van der Waals surface area contributed by atoms with E-state index < -0.39 is 0 Å². The highest BCUT2D eigenvalue weighted by atomic mass is 19.1. The van der Waals surface area contributed by atoms with Crippen LogP contribution < -0.4 is 5.32 Å². The van der Waals surface area contributed by atoms with Crippen molar-refractivity contribution in [1.29, 1.82) is 0 Å². The van der Waals surface area contributed by atoms with Crippen LogP contribution in [0.15, 0.2) is 24.5 Å². The fraction of sp³-hybridized carbons (Fsp3) is 0.231. The number of aryl methyl sites for hydroxylation is 1. The van der Waals surface area contributed by atoms with E-state index in [2.05, 4.69) is 15.3 Å². The molecular weight excluding hydrogens is 217 g/mol. The highest BCUT2D eigenvalue weighted by Crippen LogP contribution is 2.27. The standard InChI is InChI=1S/C13H14FN3/c1-8-4-5-11(14)10(6-8)12-9(2)13(15-3)17-7-16-12/h4-7H,1-3H3,(H,15,16,17). The molecule has 1 aromatic heterocycles. The third-order valence-corrected chi connectivity index (χ3v) is 2.70. The second-order valence-electron chi connectivity index (χ2n) is 3.93. The average molecular weight is 231 g/mol. The lowest BCUT2D eigenvalue weighted by atomic mass is 10.0. The van der Waals surface area contributed by atoms with Crippen molar-refractivity contribution in [3.05, 3.63) is 41.5 Å². The number of nitrogens with zero attached hydrogens (tertiary/aromatic N) is 2. The van der Waals surface area contributed by atoms with Gasteiger partial charge in [0.25, 0.3) is 0 Å². The van der Waals surface area contributed by atoms with Crippen LogP contribution in [0.2, 0.25) is 0 Å². The van der Waals surface area contributed by atoms with Crippen molar-refractivity contribution < 1.29 is 4.39 Å². The van der Waals surface area contributed by atoms with Crippen LogP contribution in [-0.4, -0.2) is 17.0 Å². The second kappa shape index (κ2) is 4.49. The molecule has 0 amide bonds. The van der Waals surface area contributed by atoms with E-state index in [1.807, 2.05) is 13.8 Å². The Hall–Kier alpha value is -1.97. The van der Waals surface area contributed by atoms with Crippen LogP contribution in [0.25, 0.3) is 11.3 Å². The molecule has 0 saturated carbocycles. The summed E-state index contributed by atoms with van der Waals surface area (Å²) in [4.78, 5) is 8.26. The van der Waals surface area contributed by atoms with Gasteiger partial charge in [0.1, 0.15) is 18.0 Å². The van der Waals surface area contributed by atoms with E-state index in [0.29, 0.717) is 11.3 Å². The maximum Gasteiger partial charge on any atom is 0.132 e. The summed E-state index contributed by atoms with van der Waals surface area (Å²) in [7, 11) is 1.78. The summed E-state index contributed by atoms with van der Waals surface area (Å²) < 4.78 is 13.8. The van der Waals surface area contributed by atoms with E-state index >= 15 is 0 Å². The number of rotatable bonds is 2. The van der Waals surface area contributed by atoms with E-state index in [-0.39, 0.29) is 5.82 Å². The quantitative estimate of drug-likeness (QED) is 0.863. The fourth-order valence-electron chi connectivity index (χ4n) is 1.79. The minimum atomic E-state index is -0.264. The molecule has 0 unspecified atom stereocenters. The number of nitrogens with one attached hydrogen (secondary N) is 1. The third-order valence-electron chi connectivity index (χ3n) is 2.70. The van der Waals surface area contributed by atoms with Crippen molar-refractivity contribution in [2.75, 3.05) is 12.4 Å². The highest BCUT2D eigenvalue weighted by Gasteiger charge is 2.12. The Labute approximate surface area is 99.7 Å². The van der Waals surface area contributed by atoms with Crippen LogP contribution in [0.4, 0.5) is 10.2 Å². The first kappa shape index (κ1) is 11.5. The summed E-state index contributed by atoms with van der Waals surface area (Å²) in [5.74, 6) is 0.454. The van der Waals surface area contributed by atoms with Gasteiger partial charge in [0.2, 0.25) is 0 Å². The second-order valence-corrected chi connectivity index (χ2v) is 3.93. The molecule has 3 nitrogen and oxygen atoms in total. The van der Waals surface area contributed by atoms with Crippen LogP contribution in [0.5, 0.6) is 0 Å². The molecule has 0 fully saturated rings. The summed E-state index contributed by atoms with van der Waals surface area (Å²) in [6.45, 7) is 3.81. The number of hydrogen-bond acceptors (Lipinski definition) is 3. The van der Waals surface area contributed by atoms with Crippen molar-refractivity contribution in [2.45, 2.75) is 13.8 Å². The van der Waals surface area contributed by atoms with E-state index in [0.717, 1.165) is 16.9 Å². The zero-order valence-corrected chi connectivity index (χ0v) is 10.1. The van der Waals surface area contributed by atoms with E-state index in [1.54, 1.807) is 19.2 Å². The fourth-order valence-corrected chi connectivity index (χ4v) is 1.79. The average Bonchev–Trinajstić information content (AvgIpc) is 2.33. The molecule has 4 heteroatoms. The van der Waals surface area contributed by atoms with Crippen LogP contribution >= 0.6 is 0 Å². The Morgan fingerprint density at radius 1 is 1.18 bits per heavy atom. The molecule has 0 atom stereocenters. The zero-order valence-electron chi connectivity index (χ0n) is 10.1. The van der Waals surface area contributed by atoms with Crippen molar-refractivity contribution >= 4 is 5.82 Å². The summed E-state index contributed by atoms with van der Waals surface area (Å²) >= 11 is 0. The molecule has 0 aliphatic carbocycles. The molecule has 0 aliphatic rings. The SMILES string of the molecule is CNc1ncnc(-c2cc(C)ccc2F)c1C. The molecule has 1 heterocycles. The molecule has 2 rings (SSSR count). The molecule has 1 N–H and O–H groups in total. The molecule has 88 valence electrons. The molecule has 0 bridgehead atoms. The molecule has 2 aromatic rings. The van der Waals surface area contributed by atoms with Gasteiger partial charge in [-0.2, -0.15) is 0 Å². The Bertz CT molecular complexity index is 552. The van der Waals surface area contributed by atoms with Gasteiger partial charge in [-0.3, -0.25) is 0 Å². The third kappa shape index (κ3) is 2.11. The predicted molar refractivity (Wildman–Crippen MR) is 66.4 cm³/mol. The van der Waals surface area contributed by atoms with Gasteiger partial charge in [0.05, 0.1) is 5.69 Å². The molecule has 0 radical (unpaired) electrons. The van der Waals surface area contributed by atoms with Crippen molar-refractivity contribution in [1.82, 2.24) is 9.97 Å². The van der Waals surface area contributed by atoms with Gasteiger partial charge in [0, 0.05) is 18.2 Å². The Balaban J connectivity index is 2.64. The van der Waals surface area contributed by atoms with Crippen LogP contribution in [0.1, 0.15) is 11.1 Å². The van der Waals surface area contributed by atoms with Gasteiger partial charge in [-0.25, -0.2) is 14.4 Å². The lowest BCUT2D eigenvalue weighted by Gasteiger charge is -2.10. The first-order chi connectivity index (χ1) is 8.13. The van der Waals surface area contributed by atoms with E-state index in [4.69, 9.17) is 0 Å². The minimum Gasteiger partial charge on any atom is -0.373 e. The predicted octanol–water partition coefficient (Wildman–Crippen LogP) is 2.94. The summed E-state index contributed by atoms with van der Waals surface area (Å²) in [6, 6.07) is 5.00. The largest absolute Gasteiger partial charge is 0.373 e. The van der Waals surface area contributed by atoms with E-state index in [9.17, 15) is 4.39 Å². The van der Waals surface area contributed by atoms with Gasteiger partial charge >= 0.3 is 0 Å². The minimum absolute atomic E-state index is 0.264. The monoisotopic (exact) mass is 231 g/mol. The topological polar surface area (TPSA) is 37.8 Å². The Morgan fingerprint density at radius 2 is 1.94 bits per heavy atom. The number of anilines is 1. The summed E-state index contributed by atoms with van der Waals surface area (Å²) in [6.07, 6.45) is 1.44. The zero-order chi connectivity index (χ0) is 12.4. The maximum atomic E-state index is 13.8. The van der Waals surface area contributed by atoms with Gasteiger partial charge in [-0.05, 0) is 26.0 Å². The summed E-state index contributed by atoms with van der Waals surface area (Å²) in [5, 5.41) is 2.97. The van der Waals surface area contributed by atoms with Crippen LogP contribution in [0.3, 0.4) is 0 Å². The van der Waals surface area contributed by atoms with E-state index in [1.165, 1.54) is 12.4 Å². The Morgan fingerprint density at radius 3 is 2.65 bits per heavy atom. The normalized spacial score (nSPS) is 10.4. The molecule has 0 aliphatic heterocycles. The Kier molecular flexibility index (Phi) is 3.04. The van der Waals surface area contributed by atoms with Gasteiger partial charge < -0.3 is 5.32 Å². The van der Waals surface area contributed by atoms with Crippen LogP contribution in [0, 0.1) is 19.7 Å². The summed E-state index contributed by atoms with van der Waals surface area (Å²) in [5.41, 5.74) is 3.00. The first-order valence-corrected chi connectivity index (χ1v) is 5.39. The molecule has 1 aromatic carbocycles. The molecular formula is C13H14FN3. The van der Waals surface area contributed by atoms with Crippen LogP contribution in [-0.2, 0) is 0 Å². The highest BCUT2D eigenvalue weighted by molar-refractivity contribution is 5.68.